The van der Waals surface area contributed by atoms with Crippen LogP contribution in [0.25, 0.3) is 0 Å². The van der Waals surface area contributed by atoms with Crippen LogP contribution in [0, 0.1) is 17.8 Å². The molecule has 0 unspecified atom stereocenters. The Morgan fingerprint density at radius 3 is 2.61 bits per heavy atom. The number of carbonyl (C=O) groups is 2. The lowest BCUT2D eigenvalue weighted by Crippen LogP contribution is -2.73. The number of piperazine rings is 1. The van der Waals surface area contributed by atoms with Crippen LogP contribution in [0.4, 0.5) is 0 Å². The minimum atomic E-state index is -0.244. The second-order valence-corrected chi connectivity index (χ2v) is 9.29. The van der Waals surface area contributed by atoms with Crippen LogP contribution >= 0.6 is 0 Å². The van der Waals surface area contributed by atoms with Gasteiger partial charge in [-0.05, 0) is 42.7 Å². The topological polar surface area (TPSA) is 73.7 Å². The minimum Gasteiger partial charge on any atom is -0.394 e. The van der Waals surface area contributed by atoms with Crippen molar-refractivity contribution in [2.75, 3.05) is 19.7 Å². The fourth-order valence-corrected chi connectivity index (χ4v) is 5.50. The minimum absolute atomic E-state index is 0.00115. The van der Waals surface area contributed by atoms with E-state index in [-0.39, 0.29) is 49.4 Å². The highest BCUT2D eigenvalue weighted by molar-refractivity contribution is 5.88. The van der Waals surface area contributed by atoms with Crippen LogP contribution in [0.15, 0.2) is 48.7 Å². The maximum atomic E-state index is 12.9. The normalized spacial score (nSPS) is 24.6. The number of hydrogen-bond donors (Lipinski definition) is 1. The van der Waals surface area contributed by atoms with Gasteiger partial charge < -0.3 is 14.9 Å². The molecule has 170 valence electrons. The summed E-state index contributed by atoms with van der Waals surface area (Å²) in [6, 6.07) is 13.3. The highest BCUT2D eigenvalue weighted by atomic mass is 16.3. The van der Waals surface area contributed by atoms with Gasteiger partial charge in [-0.2, -0.15) is 0 Å². The van der Waals surface area contributed by atoms with E-state index in [1.54, 1.807) is 16.0 Å². The van der Waals surface area contributed by atoms with Crippen LogP contribution in [0.1, 0.15) is 48.4 Å². The van der Waals surface area contributed by atoms with E-state index < -0.39 is 0 Å². The van der Waals surface area contributed by atoms with Gasteiger partial charge in [-0.1, -0.05) is 42.9 Å². The summed E-state index contributed by atoms with van der Waals surface area (Å²) in [6.45, 7) is 0.445. The Bertz CT molecular complexity index is 1070. The zero-order chi connectivity index (χ0) is 22.8. The van der Waals surface area contributed by atoms with Crippen molar-refractivity contribution in [1.29, 1.82) is 0 Å². The molecule has 0 radical (unpaired) electrons. The third-order valence-electron chi connectivity index (χ3n) is 7.23. The van der Waals surface area contributed by atoms with Crippen molar-refractivity contribution in [2.24, 2.45) is 5.92 Å². The molecule has 2 aliphatic heterocycles. The highest BCUT2D eigenvalue weighted by Gasteiger charge is 2.54. The molecule has 3 heterocycles. The first kappa shape index (κ1) is 21.7. The predicted octanol–water partition coefficient (Wildman–Crippen LogP) is 2.36. The van der Waals surface area contributed by atoms with Crippen LogP contribution in [0.2, 0.25) is 0 Å². The average molecular weight is 444 g/mol. The van der Waals surface area contributed by atoms with Crippen molar-refractivity contribution in [3.63, 3.8) is 0 Å². The number of aliphatic hydroxyl groups excluding tert-OH is 1. The van der Waals surface area contributed by atoms with Gasteiger partial charge in [0, 0.05) is 35.8 Å². The SMILES string of the molecule is O=C(Cc1ccccn1)N1CC(=O)N2[C@@H](CO)[C@@H](c3ccc(C#CC4CCCC4)cc3)[C@@H]2C1. The molecule has 2 saturated heterocycles. The third kappa shape index (κ3) is 4.38. The maximum absolute atomic E-state index is 12.9. The molecule has 1 aliphatic carbocycles. The monoisotopic (exact) mass is 443 g/mol. The molecule has 0 bridgehead atoms. The molecule has 33 heavy (non-hydrogen) atoms. The molecule has 2 aromatic rings. The number of benzene rings is 1. The first-order valence-electron chi connectivity index (χ1n) is 11.9. The number of rotatable bonds is 4. The van der Waals surface area contributed by atoms with Crippen LogP contribution in [0.5, 0.6) is 0 Å². The van der Waals surface area contributed by atoms with Crippen LogP contribution in [0.3, 0.4) is 0 Å². The molecule has 0 spiro atoms. The number of aromatic nitrogens is 1. The molecule has 5 rings (SSSR count). The number of hydrogen-bond acceptors (Lipinski definition) is 4. The Labute approximate surface area is 194 Å². The Hall–Kier alpha value is -3.17. The highest BCUT2D eigenvalue weighted by Crippen LogP contribution is 2.43. The van der Waals surface area contributed by atoms with Crippen molar-refractivity contribution in [1.82, 2.24) is 14.8 Å². The quantitative estimate of drug-likeness (QED) is 0.737. The van der Waals surface area contributed by atoms with Gasteiger partial charge in [0.05, 0.1) is 31.7 Å². The van der Waals surface area contributed by atoms with Gasteiger partial charge >= 0.3 is 0 Å². The predicted molar refractivity (Wildman–Crippen MR) is 124 cm³/mol. The van der Waals surface area contributed by atoms with Crippen molar-refractivity contribution in [3.8, 4) is 11.8 Å². The van der Waals surface area contributed by atoms with Gasteiger partial charge in [-0.25, -0.2) is 0 Å². The molecule has 1 aromatic heterocycles. The summed E-state index contributed by atoms with van der Waals surface area (Å²) in [7, 11) is 0. The molecular formula is C27H29N3O3. The average Bonchev–Trinajstić information content (AvgIpc) is 3.34. The first-order valence-corrected chi connectivity index (χ1v) is 11.9. The summed E-state index contributed by atoms with van der Waals surface area (Å²) >= 11 is 0. The fraction of sp³-hybridized carbons (Fsp3) is 0.444. The van der Waals surface area contributed by atoms with E-state index in [4.69, 9.17) is 0 Å². The van der Waals surface area contributed by atoms with Gasteiger partial charge in [0.2, 0.25) is 11.8 Å². The number of fused-ring (bicyclic) bond motifs is 1. The molecule has 2 amide bonds. The Morgan fingerprint density at radius 2 is 1.91 bits per heavy atom. The standard InChI is InChI=1S/C27H29N3O3/c31-18-24-27(21-12-10-20(11-13-21)9-8-19-5-1-2-6-19)23-16-29(17-26(33)30(23)24)25(32)15-22-7-3-4-14-28-22/h3-4,7,10-14,19,23-24,27,31H,1-2,5-6,15-18H2/t23-,24-,27-/m0/s1. The smallest absolute Gasteiger partial charge is 0.242 e. The summed E-state index contributed by atoms with van der Waals surface area (Å²) in [5.74, 6) is 7.02. The van der Waals surface area contributed by atoms with Crippen LogP contribution < -0.4 is 0 Å². The van der Waals surface area contributed by atoms with Crippen molar-refractivity contribution >= 4 is 11.8 Å². The van der Waals surface area contributed by atoms with Gasteiger partial charge in [0.25, 0.3) is 0 Å². The van der Waals surface area contributed by atoms with E-state index in [9.17, 15) is 14.7 Å². The zero-order valence-electron chi connectivity index (χ0n) is 18.7. The first-order chi connectivity index (χ1) is 16.1. The van der Waals surface area contributed by atoms with Gasteiger partial charge in [0.1, 0.15) is 0 Å². The summed E-state index contributed by atoms with van der Waals surface area (Å²) in [4.78, 5) is 33.3. The number of aliphatic hydroxyl groups is 1. The van der Waals surface area contributed by atoms with Gasteiger partial charge in [0.15, 0.2) is 0 Å². The van der Waals surface area contributed by atoms with Crippen LogP contribution in [-0.2, 0) is 16.0 Å². The summed E-state index contributed by atoms with van der Waals surface area (Å²) in [5, 5.41) is 10.00. The van der Waals surface area contributed by atoms with E-state index in [1.807, 2.05) is 30.3 Å². The second-order valence-electron chi connectivity index (χ2n) is 9.29. The molecule has 3 aliphatic rings. The molecule has 3 fully saturated rings. The number of amides is 2. The molecule has 1 N–H and O–H groups in total. The number of carbonyl (C=O) groups excluding carboxylic acids is 2. The molecule has 6 heteroatoms. The maximum Gasteiger partial charge on any atom is 0.242 e. The van der Waals surface area contributed by atoms with Crippen molar-refractivity contribution in [3.05, 3.63) is 65.5 Å². The Balaban J connectivity index is 1.29. The molecule has 1 saturated carbocycles. The van der Waals surface area contributed by atoms with Crippen molar-refractivity contribution < 1.29 is 14.7 Å². The summed E-state index contributed by atoms with van der Waals surface area (Å²) < 4.78 is 0. The number of pyridine rings is 1. The Kier molecular flexibility index (Phi) is 6.15. The van der Waals surface area contributed by atoms with Crippen molar-refractivity contribution in [2.45, 2.75) is 50.1 Å². The van der Waals surface area contributed by atoms with E-state index in [2.05, 4.69) is 29.0 Å². The fourth-order valence-electron chi connectivity index (χ4n) is 5.50. The molecule has 1 aromatic carbocycles. The second kappa shape index (κ2) is 9.36. The lowest BCUT2D eigenvalue weighted by Gasteiger charge is -2.58. The lowest BCUT2D eigenvalue weighted by atomic mass is 9.73. The molecular weight excluding hydrogens is 414 g/mol. The van der Waals surface area contributed by atoms with Gasteiger partial charge in [-0.15, -0.1) is 0 Å². The van der Waals surface area contributed by atoms with E-state index in [1.165, 1.54) is 25.7 Å². The van der Waals surface area contributed by atoms with Crippen LogP contribution in [-0.4, -0.2) is 63.5 Å². The zero-order valence-corrected chi connectivity index (χ0v) is 18.7. The largest absolute Gasteiger partial charge is 0.394 e. The Morgan fingerprint density at radius 1 is 1.12 bits per heavy atom. The number of nitrogens with zero attached hydrogens (tertiary/aromatic N) is 3. The summed E-state index contributed by atoms with van der Waals surface area (Å²) in [6.07, 6.45) is 6.81. The van der Waals surface area contributed by atoms with E-state index in [0.29, 0.717) is 18.2 Å². The summed E-state index contributed by atoms with van der Waals surface area (Å²) in [5.41, 5.74) is 2.77. The van der Waals surface area contributed by atoms with E-state index >= 15 is 0 Å². The molecule has 6 nitrogen and oxygen atoms in total. The van der Waals surface area contributed by atoms with Gasteiger partial charge in [-0.3, -0.25) is 14.6 Å². The lowest BCUT2D eigenvalue weighted by molar-refractivity contribution is -0.166. The molecule has 3 atom stereocenters. The van der Waals surface area contributed by atoms with E-state index in [0.717, 1.165) is 11.1 Å². The third-order valence-corrected chi connectivity index (χ3v) is 7.23.